The monoisotopic (exact) mass is 453 g/mol. The van der Waals surface area contributed by atoms with Gasteiger partial charge in [-0.2, -0.15) is 11.8 Å². The van der Waals surface area contributed by atoms with Crippen LogP contribution in [0.1, 0.15) is 23.1 Å². The van der Waals surface area contributed by atoms with E-state index in [-0.39, 0.29) is 18.0 Å². The number of amides is 1. The van der Waals surface area contributed by atoms with Crippen LogP contribution in [0.5, 0.6) is 5.75 Å². The molecule has 4 rings (SSSR count). The van der Waals surface area contributed by atoms with E-state index >= 15 is 0 Å². The Morgan fingerprint density at radius 2 is 1.91 bits per heavy atom. The van der Waals surface area contributed by atoms with Crippen molar-refractivity contribution >= 4 is 34.6 Å². The van der Waals surface area contributed by atoms with E-state index in [1.807, 2.05) is 36.4 Å². The molecule has 0 radical (unpaired) electrons. The molecule has 7 nitrogen and oxygen atoms in total. The second-order valence-electron chi connectivity index (χ2n) is 7.61. The minimum absolute atomic E-state index is 0.238. The third-order valence-electron chi connectivity index (χ3n) is 5.34. The second kappa shape index (κ2) is 9.91. The molecular weight excluding hydrogens is 430 g/mol. The first-order chi connectivity index (χ1) is 15.5. The molecule has 0 fully saturated rings. The molecule has 1 aliphatic carbocycles. The van der Waals surface area contributed by atoms with Gasteiger partial charge in [0.25, 0.3) is 5.91 Å². The van der Waals surface area contributed by atoms with Crippen LogP contribution in [0.3, 0.4) is 0 Å². The summed E-state index contributed by atoms with van der Waals surface area (Å²) in [5.74, 6) is -0.363. The first-order valence-electron chi connectivity index (χ1n) is 10.4. The number of benzene rings is 2. The molecule has 1 atom stereocenters. The number of rotatable bonds is 9. The van der Waals surface area contributed by atoms with E-state index in [2.05, 4.69) is 5.32 Å². The summed E-state index contributed by atoms with van der Waals surface area (Å²) in [5.41, 5.74) is 2.96. The van der Waals surface area contributed by atoms with E-state index in [4.69, 9.17) is 9.15 Å². The van der Waals surface area contributed by atoms with Crippen LogP contribution < -0.4 is 15.7 Å². The number of fused-ring (bicyclic) bond motifs is 3. The molecule has 1 heterocycles. The van der Waals surface area contributed by atoms with Crippen molar-refractivity contribution in [3.63, 3.8) is 0 Å². The maximum atomic E-state index is 12.3. The quantitative estimate of drug-likeness (QED) is 0.480. The topological polar surface area (TPSA) is 106 Å². The fraction of sp³-hybridized carbons (Fsp3) is 0.292. The molecule has 2 aromatic carbocycles. The van der Waals surface area contributed by atoms with Gasteiger partial charge < -0.3 is 19.6 Å². The Labute approximate surface area is 188 Å². The number of hydrogen-bond donors (Lipinski definition) is 2. The molecule has 0 saturated carbocycles. The molecule has 0 aliphatic heterocycles. The first-order valence-corrected chi connectivity index (χ1v) is 11.5. The lowest BCUT2D eigenvalue weighted by atomic mass is 10.1. The maximum absolute atomic E-state index is 12.3. The van der Waals surface area contributed by atoms with Gasteiger partial charge in [0.05, 0.1) is 0 Å². The van der Waals surface area contributed by atoms with Gasteiger partial charge in [0.15, 0.2) is 6.61 Å². The number of carbonyl (C=O) groups is 2. The zero-order valence-corrected chi connectivity index (χ0v) is 18.2. The third kappa shape index (κ3) is 5.13. The summed E-state index contributed by atoms with van der Waals surface area (Å²) in [6.45, 7) is -0.339. The average molecular weight is 454 g/mol. The number of ether oxygens (including phenoxy) is 1. The number of hydrogen-bond acceptors (Lipinski definition) is 6. The molecule has 3 aromatic rings. The highest BCUT2D eigenvalue weighted by Gasteiger charge is 2.21. The van der Waals surface area contributed by atoms with Gasteiger partial charge in [-0.1, -0.05) is 30.3 Å². The molecule has 1 aromatic heterocycles. The summed E-state index contributed by atoms with van der Waals surface area (Å²) in [7, 11) is 0. The SMILES string of the molecule is O=C(COc1ccc2c3c(c(=O)oc2c1)CCC3)N[C@@H](CSCc1ccccc1)C(=O)O. The molecule has 0 bridgehead atoms. The summed E-state index contributed by atoms with van der Waals surface area (Å²) in [4.78, 5) is 35.9. The van der Waals surface area contributed by atoms with Gasteiger partial charge in [-0.25, -0.2) is 9.59 Å². The van der Waals surface area contributed by atoms with E-state index < -0.39 is 17.9 Å². The molecule has 0 unspecified atom stereocenters. The Hall–Kier alpha value is -3.26. The number of carbonyl (C=O) groups excluding carboxylic acids is 1. The highest BCUT2D eigenvalue weighted by atomic mass is 32.2. The van der Waals surface area contributed by atoms with Crippen LogP contribution in [0.25, 0.3) is 11.0 Å². The number of carboxylic acids is 1. The van der Waals surface area contributed by atoms with Crippen LogP contribution in [0, 0.1) is 0 Å². The molecular formula is C24H23NO6S. The third-order valence-corrected chi connectivity index (χ3v) is 6.45. The normalized spacial score (nSPS) is 13.5. The fourth-order valence-electron chi connectivity index (χ4n) is 3.78. The number of nitrogens with one attached hydrogen (secondary N) is 1. The van der Waals surface area contributed by atoms with Crippen LogP contribution >= 0.6 is 11.8 Å². The molecule has 166 valence electrons. The molecule has 8 heteroatoms. The standard InChI is InChI=1S/C24H23NO6S/c26-22(25-20(23(27)28)14-32-13-15-5-2-1-3-6-15)12-30-16-9-10-18-17-7-4-8-19(17)24(29)31-21(18)11-16/h1-3,5-6,9-11,20H,4,7-8,12-14H2,(H,25,26)(H,27,28)/t20-/m0/s1. The highest BCUT2D eigenvalue weighted by Crippen LogP contribution is 2.29. The van der Waals surface area contributed by atoms with Gasteiger partial charge in [-0.15, -0.1) is 0 Å². The predicted octanol–water partition coefficient (Wildman–Crippen LogP) is 3.16. The smallest absolute Gasteiger partial charge is 0.339 e. The zero-order chi connectivity index (χ0) is 22.5. The minimum atomic E-state index is -1.10. The van der Waals surface area contributed by atoms with Crippen LogP contribution in [-0.2, 0) is 28.2 Å². The van der Waals surface area contributed by atoms with E-state index in [1.165, 1.54) is 11.8 Å². The zero-order valence-electron chi connectivity index (χ0n) is 17.3. The Morgan fingerprint density at radius 3 is 2.69 bits per heavy atom. The van der Waals surface area contributed by atoms with Crippen molar-refractivity contribution in [1.82, 2.24) is 5.32 Å². The largest absolute Gasteiger partial charge is 0.484 e. The molecule has 2 N–H and O–H groups in total. The first kappa shape index (κ1) is 22.0. The van der Waals surface area contributed by atoms with Gasteiger partial charge in [-0.3, -0.25) is 4.79 Å². The van der Waals surface area contributed by atoms with Gasteiger partial charge in [0, 0.05) is 28.5 Å². The average Bonchev–Trinajstić information content (AvgIpc) is 3.28. The minimum Gasteiger partial charge on any atom is -0.484 e. The lowest BCUT2D eigenvalue weighted by Gasteiger charge is -2.15. The Kier molecular flexibility index (Phi) is 6.80. The Balaban J connectivity index is 1.33. The van der Waals surface area contributed by atoms with Crippen LogP contribution in [-0.4, -0.2) is 35.4 Å². The number of aliphatic carboxylic acids is 1. The Morgan fingerprint density at radius 1 is 1.12 bits per heavy atom. The van der Waals surface area contributed by atoms with Crippen LogP contribution in [0.4, 0.5) is 0 Å². The molecule has 32 heavy (non-hydrogen) atoms. The molecule has 0 saturated heterocycles. The van der Waals surface area contributed by atoms with Gasteiger partial charge in [-0.05, 0) is 42.5 Å². The highest BCUT2D eigenvalue weighted by molar-refractivity contribution is 7.98. The van der Waals surface area contributed by atoms with E-state index in [0.717, 1.165) is 41.3 Å². The summed E-state index contributed by atoms with van der Waals surface area (Å²) >= 11 is 1.43. The second-order valence-corrected chi connectivity index (χ2v) is 8.64. The number of aryl methyl sites for hydroxylation is 1. The number of thioether (sulfide) groups is 1. The Bertz CT molecular complexity index is 1190. The van der Waals surface area contributed by atoms with Crippen molar-refractivity contribution < 1.29 is 23.8 Å². The van der Waals surface area contributed by atoms with Gasteiger partial charge >= 0.3 is 11.6 Å². The van der Waals surface area contributed by atoms with Crippen LogP contribution in [0.15, 0.2) is 57.7 Å². The predicted molar refractivity (Wildman–Crippen MR) is 122 cm³/mol. The number of carboxylic acid groups (broad SMARTS) is 1. The van der Waals surface area contributed by atoms with Gasteiger partial charge in [0.1, 0.15) is 17.4 Å². The van der Waals surface area contributed by atoms with E-state index in [9.17, 15) is 19.5 Å². The van der Waals surface area contributed by atoms with E-state index in [0.29, 0.717) is 17.1 Å². The van der Waals surface area contributed by atoms with Crippen LogP contribution in [0.2, 0.25) is 0 Å². The van der Waals surface area contributed by atoms with Gasteiger partial charge in [0.2, 0.25) is 0 Å². The fourth-order valence-corrected chi connectivity index (χ4v) is 4.79. The lowest BCUT2D eigenvalue weighted by molar-refractivity contribution is -0.141. The maximum Gasteiger partial charge on any atom is 0.339 e. The van der Waals surface area contributed by atoms with Crippen molar-refractivity contribution in [1.29, 1.82) is 0 Å². The van der Waals surface area contributed by atoms with Crippen molar-refractivity contribution in [3.8, 4) is 5.75 Å². The lowest BCUT2D eigenvalue weighted by Crippen LogP contribution is -2.44. The van der Waals surface area contributed by atoms with Crippen molar-refractivity contribution in [2.45, 2.75) is 31.1 Å². The molecule has 1 aliphatic rings. The van der Waals surface area contributed by atoms with Crippen molar-refractivity contribution in [3.05, 3.63) is 75.6 Å². The summed E-state index contributed by atoms with van der Waals surface area (Å²) < 4.78 is 10.9. The summed E-state index contributed by atoms with van der Waals surface area (Å²) in [6, 6.07) is 13.8. The van der Waals surface area contributed by atoms with Crippen molar-refractivity contribution in [2.75, 3.05) is 12.4 Å². The summed E-state index contributed by atoms with van der Waals surface area (Å²) in [5, 5.41) is 12.8. The summed E-state index contributed by atoms with van der Waals surface area (Å²) in [6.07, 6.45) is 2.52. The molecule has 0 spiro atoms. The van der Waals surface area contributed by atoms with Crippen molar-refractivity contribution in [2.24, 2.45) is 0 Å². The van der Waals surface area contributed by atoms with E-state index in [1.54, 1.807) is 12.1 Å². The molecule has 1 amide bonds.